The lowest BCUT2D eigenvalue weighted by Gasteiger charge is -2.52. The third-order valence-corrected chi connectivity index (χ3v) is 11.7. The number of amides is 4. The van der Waals surface area contributed by atoms with Crippen molar-refractivity contribution in [1.82, 2.24) is 25.4 Å². The van der Waals surface area contributed by atoms with Crippen molar-refractivity contribution in [3.8, 4) is 10.4 Å². The third kappa shape index (κ3) is 9.49. The molecule has 1 aromatic carbocycles. The summed E-state index contributed by atoms with van der Waals surface area (Å²) in [5, 5.41) is 16.7. The fourth-order valence-corrected chi connectivity index (χ4v) is 8.66. The predicted octanol–water partition coefficient (Wildman–Crippen LogP) is 6.00. The minimum absolute atomic E-state index is 0.0339. The Kier molecular flexibility index (Phi) is 11.6. The van der Waals surface area contributed by atoms with Crippen molar-refractivity contribution < 1.29 is 29.0 Å². The second-order valence-electron chi connectivity index (χ2n) is 17.2. The fourth-order valence-electron chi connectivity index (χ4n) is 7.85. The number of hydrogen-bond acceptors (Lipinski definition) is 8. The van der Waals surface area contributed by atoms with Crippen molar-refractivity contribution >= 4 is 35.2 Å². The molecule has 51 heavy (non-hydrogen) atoms. The normalized spacial score (nSPS) is 21.9. The van der Waals surface area contributed by atoms with Crippen LogP contribution in [0.1, 0.15) is 111 Å². The van der Waals surface area contributed by atoms with Crippen LogP contribution in [-0.2, 0) is 19.1 Å². The third-order valence-electron chi connectivity index (χ3n) is 10.8. The van der Waals surface area contributed by atoms with Crippen LogP contribution in [0, 0.1) is 23.7 Å². The first-order chi connectivity index (χ1) is 23.8. The standard InChI is InChI=1S/C39H57N5O6S/c1-24(27-10-12-28(13-11-27)32-25(2)40-23-51-32)41-34(47)30-19-29(45)22-44(30)35(48)33(37(3,4)5)42-31(46)14-9-26-20-39(21-26)15-17-43(18-16-39)36(49)50-38(6,7)8/h10-13,23-24,26,29-30,33,45H,9,14-22H2,1-8H3,(H,41,47)(H,42,46)/t24-,29+,30-,33+/m0/s1. The van der Waals surface area contributed by atoms with Gasteiger partial charge in [-0.25, -0.2) is 9.78 Å². The molecule has 3 N–H and O–H groups in total. The summed E-state index contributed by atoms with van der Waals surface area (Å²) in [6.45, 7) is 16.6. The Morgan fingerprint density at radius 3 is 2.25 bits per heavy atom. The Balaban J connectivity index is 1.12. The summed E-state index contributed by atoms with van der Waals surface area (Å²) in [4.78, 5) is 62.1. The number of aliphatic hydroxyl groups is 1. The summed E-state index contributed by atoms with van der Waals surface area (Å²) in [7, 11) is 0. The van der Waals surface area contributed by atoms with E-state index in [-0.39, 0.29) is 48.2 Å². The highest BCUT2D eigenvalue weighted by molar-refractivity contribution is 7.13. The predicted molar refractivity (Wildman–Crippen MR) is 198 cm³/mol. The molecule has 1 saturated carbocycles. The average molecular weight is 724 g/mol. The molecule has 1 aromatic heterocycles. The molecule has 0 unspecified atom stereocenters. The van der Waals surface area contributed by atoms with Crippen molar-refractivity contribution in [3.63, 3.8) is 0 Å². The van der Waals surface area contributed by atoms with Crippen LogP contribution in [0.5, 0.6) is 0 Å². The van der Waals surface area contributed by atoms with Gasteiger partial charge in [0.2, 0.25) is 17.7 Å². The van der Waals surface area contributed by atoms with Crippen molar-refractivity contribution in [2.75, 3.05) is 19.6 Å². The molecule has 4 amide bonds. The number of nitrogens with zero attached hydrogens (tertiary/aromatic N) is 3. The number of carbonyl (C=O) groups is 4. The largest absolute Gasteiger partial charge is 0.444 e. The van der Waals surface area contributed by atoms with Gasteiger partial charge in [-0.1, -0.05) is 45.0 Å². The molecule has 5 rings (SSSR count). The number of rotatable bonds is 9. The molecule has 11 nitrogen and oxygen atoms in total. The molecule has 3 heterocycles. The molecule has 1 spiro atoms. The van der Waals surface area contributed by atoms with E-state index in [2.05, 4.69) is 15.6 Å². The summed E-state index contributed by atoms with van der Waals surface area (Å²) in [5.74, 6) is -0.437. The summed E-state index contributed by atoms with van der Waals surface area (Å²) in [6, 6.07) is 5.99. The van der Waals surface area contributed by atoms with Crippen LogP contribution in [0.4, 0.5) is 4.79 Å². The second kappa shape index (κ2) is 15.2. The molecule has 3 fully saturated rings. The van der Waals surface area contributed by atoms with Gasteiger partial charge in [-0.05, 0) is 94.6 Å². The highest BCUT2D eigenvalue weighted by Crippen LogP contribution is 2.54. The van der Waals surface area contributed by atoms with Gasteiger partial charge in [-0.2, -0.15) is 0 Å². The summed E-state index contributed by atoms with van der Waals surface area (Å²) >= 11 is 1.59. The highest BCUT2D eigenvalue weighted by Gasteiger charge is 2.47. The summed E-state index contributed by atoms with van der Waals surface area (Å²) in [6.07, 6.45) is 4.09. The van der Waals surface area contributed by atoms with Gasteiger partial charge in [-0.15, -0.1) is 11.3 Å². The lowest BCUT2D eigenvalue weighted by atomic mass is 9.56. The number of hydrogen-bond donors (Lipinski definition) is 3. The van der Waals surface area contributed by atoms with Gasteiger partial charge >= 0.3 is 6.09 Å². The van der Waals surface area contributed by atoms with Gasteiger partial charge in [-0.3, -0.25) is 14.4 Å². The Bertz CT molecular complexity index is 1560. The first-order valence-corrected chi connectivity index (χ1v) is 19.3. The monoisotopic (exact) mass is 723 g/mol. The number of aromatic nitrogens is 1. The Morgan fingerprint density at radius 2 is 1.69 bits per heavy atom. The number of thiazole rings is 1. The summed E-state index contributed by atoms with van der Waals surface area (Å²) in [5.41, 5.74) is 3.90. The maximum atomic E-state index is 14.1. The maximum Gasteiger partial charge on any atom is 0.410 e. The molecule has 3 aliphatic rings. The maximum absolute atomic E-state index is 14.1. The first-order valence-electron chi connectivity index (χ1n) is 18.4. The zero-order valence-corrected chi connectivity index (χ0v) is 32.4. The minimum atomic E-state index is -0.851. The van der Waals surface area contributed by atoms with Gasteiger partial charge in [0.15, 0.2) is 0 Å². The molecular weight excluding hydrogens is 667 g/mol. The van der Waals surface area contributed by atoms with Crippen molar-refractivity contribution in [1.29, 1.82) is 0 Å². The number of benzene rings is 1. The van der Waals surface area contributed by atoms with E-state index in [1.54, 1.807) is 16.2 Å². The average Bonchev–Trinajstić information content (AvgIpc) is 3.65. The number of β-amino-alcohol motifs (C(OH)–C–C–N with tert-alkyl or cyclic N) is 1. The van der Waals surface area contributed by atoms with E-state index in [0.717, 1.165) is 53.8 Å². The fraction of sp³-hybridized carbons (Fsp3) is 0.667. The van der Waals surface area contributed by atoms with E-state index in [4.69, 9.17) is 4.74 Å². The highest BCUT2D eigenvalue weighted by atomic mass is 32.1. The van der Waals surface area contributed by atoms with Crippen LogP contribution in [-0.4, -0.2) is 87.1 Å². The summed E-state index contributed by atoms with van der Waals surface area (Å²) < 4.78 is 5.54. The van der Waals surface area contributed by atoms with Gasteiger partial charge in [0.25, 0.3) is 0 Å². The van der Waals surface area contributed by atoms with Crippen LogP contribution in [0.3, 0.4) is 0 Å². The van der Waals surface area contributed by atoms with E-state index in [9.17, 15) is 24.3 Å². The Morgan fingerprint density at radius 1 is 1.04 bits per heavy atom. The molecule has 280 valence electrons. The Hall–Kier alpha value is -3.51. The molecule has 4 atom stereocenters. The quantitative estimate of drug-likeness (QED) is 0.289. The van der Waals surface area contributed by atoms with Crippen molar-refractivity contribution in [2.45, 2.75) is 130 Å². The van der Waals surface area contributed by atoms with Gasteiger partial charge in [0.1, 0.15) is 17.7 Å². The molecule has 0 bridgehead atoms. The lowest BCUT2D eigenvalue weighted by Crippen LogP contribution is -2.58. The van der Waals surface area contributed by atoms with Crippen molar-refractivity contribution in [3.05, 3.63) is 41.0 Å². The number of carbonyl (C=O) groups excluding carboxylic acids is 4. The number of aliphatic hydroxyl groups excluding tert-OH is 1. The number of aryl methyl sites for hydroxylation is 1. The first kappa shape index (κ1) is 38.7. The van der Waals surface area contributed by atoms with Crippen LogP contribution in [0.2, 0.25) is 0 Å². The van der Waals surface area contributed by atoms with Crippen LogP contribution in [0.15, 0.2) is 29.8 Å². The van der Waals surface area contributed by atoms with E-state index in [1.807, 2.05) is 85.2 Å². The molecule has 2 aromatic rings. The molecule has 0 radical (unpaired) electrons. The number of likely N-dealkylation sites (tertiary alicyclic amines) is 2. The zero-order valence-electron chi connectivity index (χ0n) is 31.6. The molecule has 1 aliphatic carbocycles. The molecule has 12 heteroatoms. The molecule has 2 saturated heterocycles. The zero-order chi connectivity index (χ0) is 37.3. The van der Waals surface area contributed by atoms with Crippen LogP contribution < -0.4 is 10.6 Å². The van der Waals surface area contributed by atoms with Crippen LogP contribution in [0.25, 0.3) is 10.4 Å². The minimum Gasteiger partial charge on any atom is -0.444 e. The van der Waals surface area contributed by atoms with E-state index in [0.29, 0.717) is 25.4 Å². The molecular formula is C39H57N5O6S. The number of piperidine rings is 1. The van der Waals surface area contributed by atoms with E-state index >= 15 is 0 Å². The topological polar surface area (TPSA) is 141 Å². The van der Waals surface area contributed by atoms with E-state index < -0.39 is 29.2 Å². The van der Waals surface area contributed by atoms with Gasteiger partial charge < -0.3 is 30.3 Å². The van der Waals surface area contributed by atoms with Crippen LogP contribution >= 0.6 is 11.3 Å². The number of ether oxygens (including phenoxy) is 1. The van der Waals surface area contributed by atoms with Gasteiger partial charge in [0.05, 0.1) is 28.2 Å². The SMILES string of the molecule is Cc1ncsc1-c1ccc([C@H](C)NC(=O)[C@@H]2C[C@@H](O)CN2C(=O)[C@@H](NC(=O)CCC2CC3(CCN(C(=O)OC(C)(C)C)CC3)C2)C(C)(C)C)cc1. The number of nitrogens with one attached hydrogen (secondary N) is 2. The van der Waals surface area contributed by atoms with Crippen molar-refractivity contribution in [2.24, 2.45) is 16.7 Å². The second-order valence-corrected chi connectivity index (χ2v) is 18.0. The van der Waals surface area contributed by atoms with Gasteiger partial charge in [0, 0.05) is 32.5 Å². The van der Waals surface area contributed by atoms with E-state index in [1.165, 1.54) is 4.90 Å². The molecule has 2 aliphatic heterocycles. The smallest absolute Gasteiger partial charge is 0.410 e. The Labute approximate surface area is 306 Å². The lowest BCUT2D eigenvalue weighted by molar-refractivity contribution is -0.144.